The van der Waals surface area contributed by atoms with E-state index in [1.165, 1.54) is 19.9 Å². The summed E-state index contributed by atoms with van der Waals surface area (Å²) in [5, 5.41) is 138. The third kappa shape index (κ3) is 9.80. The first-order valence-corrected chi connectivity index (χ1v) is 18.5. The fourth-order valence-corrected chi connectivity index (χ4v) is 7.23. The highest BCUT2D eigenvalue weighted by molar-refractivity contribution is 5.00. The third-order valence-electron chi connectivity index (χ3n) is 10.7. The van der Waals surface area contributed by atoms with Gasteiger partial charge in [-0.25, -0.2) is 0 Å². The fourth-order valence-electron chi connectivity index (χ4n) is 7.23. The first-order chi connectivity index (χ1) is 27.0. The lowest BCUT2D eigenvalue weighted by molar-refractivity contribution is -0.397. The molecule has 5 saturated heterocycles. The van der Waals surface area contributed by atoms with Crippen LogP contribution in [0, 0.1) is 0 Å². The second-order valence-electron chi connectivity index (χ2n) is 14.6. The number of hydrogen-bond donors (Lipinski definition) is 14. The molecule has 5 aliphatic rings. The van der Waals surface area contributed by atoms with Crippen LogP contribution in [-0.2, 0) is 47.4 Å². The maximum Gasteiger partial charge on any atom is 0.187 e. The summed E-state index contributed by atoms with van der Waals surface area (Å²) in [4.78, 5) is 0. The molecule has 0 aliphatic carbocycles. The molecule has 24 heteroatoms. The highest BCUT2D eigenvalue weighted by atomic mass is 16.8. The average molecular weight is 836 g/mol. The highest BCUT2D eigenvalue weighted by Crippen LogP contribution is 2.36. The molecule has 5 heterocycles. The number of rotatable bonds is 14. The van der Waals surface area contributed by atoms with Crippen LogP contribution in [0.2, 0.25) is 0 Å². The molecule has 0 saturated carbocycles. The van der Waals surface area contributed by atoms with Crippen molar-refractivity contribution in [2.24, 2.45) is 5.73 Å². The molecule has 0 aromatic rings. The summed E-state index contributed by atoms with van der Waals surface area (Å²) in [5.74, 6) is 0. The van der Waals surface area contributed by atoms with Crippen LogP contribution in [0.15, 0.2) is 12.7 Å². The van der Waals surface area contributed by atoms with Crippen molar-refractivity contribution < 1.29 is 114 Å². The lowest BCUT2D eigenvalue weighted by Crippen LogP contribution is -2.70. The van der Waals surface area contributed by atoms with Gasteiger partial charge < -0.3 is 119 Å². The summed E-state index contributed by atoms with van der Waals surface area (Å²) in [6.45, 7) is 3.57. The zero-order valence-electron chi connectivity index (χ0n) is 31.0. The Balaban J connectivity index is 1.48. The van der Waals surface area contributed by atoms with Crippen LogP contribution in [0.3, 0.4) is 0 Å². The zero-order chi connectivity index (χ0) is 42.0. The van der Waals surface area contributed by atoms with Gasteiger partial charge in [-0.1, -0.05) is 6.08 Å². The number of nitrogens with two attached hydrogens (primary N) is 1. The van der Waals surface area contributed by atoms with Crippen molar-refractivity contribution in [1.82, 2.24) is 0 Å². The Hall–Kier alpha value is -1.22. The molecule has 10 unspecified atom stereocenters. The molecule has 0 spiro atoms. The Kier molecular flexibility index (Phi) is 16.5. The topological polar surface area (TPSA) is 381 Å². The number of aliphatic hydroxyl groups is 13. The molecule has 0 radical (unpaired) electrons. The van der Waals surface area contributed by atoms with Gasteiger partial charge in [0.05, 0.1) is 44.7 Å². The normalized spacial score (nSPS) is 52.4. The third-order valence-corrected chi connectivity index (χ3v) is 10.7. The molecule has 5 rings (SSSR count). The zero-order valence-corrected chi connectivity index (χ0v) is 31.0. The first-order valence-electron chi connectivity index (χ1n) is 18.5. The smallest absolute Gasteiger partial charge is 0.187 e. The van der Waals surface area contributed by atoms with Crippen LogP contribution in [-0.4, -0.2) is 246 Å². The van der Waals surface area contributed by atoms with Gasteiger partial charge in [0.1, 0.15) is 104 Å². The Morgan fingerprint density at radius 3 is 1.44 bits per heavy atom. The van der Waals surface area contributed by atoms with Crippen LogP contribution >= 0.6 is 0 Å². The molecule has 57 heavy (non-hydrogen) atoms. The minimum Gasteiger partial charge on any atom is -0.394 e. The lowest BCUT2D eigenvalue weighted by Gasteiger charge is -2.51. The van der Waals surface area contributed by atoms with Crippen LogP contribution in [0.4, 0.5) is 0 Å². The molecular formula is C33H57NO23. The Bertz CT molecular complexity index is 1260. The molecule has 5 aliphatic heterocycles. The Labute approximate surface area is 325 Å². The summed E-state index contributed by atoms with van der Waals surface area (Å²) >= 11 is 0. The predicted molar refractivity (Wildman–Crippen MR) is 180 cm³/mol. The predicted octanol–water partition coefficient (Wildman–Crippen LogP) is -8.69. The van der Waals surface area contributed by atoms with E-state index in [2.05, 4.69) is 6.58 Å². The molecular weight excluding hydrogens is 778 g/mol. The van der Waals surface area contributed by atoms with E-state index >= 15 is 0 Å². The first kappa shape index (κ1) is 46.8. The van der Waals surface area contributed by atoms with Crippen molar-refractivity contribution >= 4 is 0 Å². The quantitative estimate of drug-likeness (QED) is 0.0722. The van der Waals surface area contributed by atoms with Crippen LogP contribution in [0.5, 0.6) is 0 Å². The molecule has 0 aromatic carbocycles. The SMILES string of the molecule is C=CCO[C@@H]1OC(CO)[C@H](O)[C@H](O[C@@H]2OC(CO)[C@H](O[C@@H]3OC(CO)[C@H](O)[C@H](O)C3O[C@@H]3OC(C)[C@H](O)C(O)[C@@H]3O)[C@H](O[C@H]3OC(C)[C@@H](O)[C@@H](O)C3O)C2N)C1O. The lowest BCUT2D eigenvalue weighted by atomic mass is 9.94. The molecule has 5 fully saturated rings. The largest absolute Gasteiger partial charge is 0.394 e. The van der Waals surface area contributed by atoms with Gasteiger partial charge >= 0.3 is 0 Å². The van der Waals surface area contributed by atoms with Crippen molar-refractivity contribution in [3.8, 4) is 0 Å². The van der Waals surface area contributed by atoms with Crippen LogP contribution < -0.4 is 5.73 Å². The Morgan fingerprint density at radius 1 is 0.456 bits per heavy atom. The van der Waals surface area contributed by atoms with Gasteiger partial charge in [-0.3, -0.25) is 0 Å². The molecule has 0 aromatic heterocycles. The van der Waals surface area contributed by atoms with Crippen LogP contribution in [0.25, 0.3) is 0 Å². The van der Waals surface area contributed by atoms with E-state index < -0.39 is 173 Å². The van der Waals surface area contributed by atoms with Gasteiger partial charge in [0.2, 0.25) is 0 Å². The van der Waals surface area contributed by atoms with Gasteiger partial charge in [0, 0.05) is 0 Å². The van der Waals surface area contributed by atoms with Gasteiger partial charge in [0.25, 0.3) is 0 Å². The van der Waals surface area contributed by atoms with Crippen molar-refractivity contribution in [2.75, 3.05) is 26.4 Å². The summed E-state index contributed by atoms with van der Waals surface area (Å²) in [5.41, 5.74) is 6.65. The molecule has 332 valence electrons. The van der Waals surface area contributed by atoms with E-state index in [1.54, 1.807) is 0 Å². The standard InChI is InChI=1S/C33H57NO23/c1-4-5-48-30-24(47)27(18(41)12(7-36)51-30)56-29-14(34)26(55-31-22(45)19(42)15(38)9(2)49-31)25(13(8-37)53-29)54-33-28(21(44)17(40)11(6-35)52-33)57-32-23(46)20(43)16(39)10(3)50-32/h4,9-33,35-47H,1,5-8,34H2,2-3H3/t9?,10?,11?,12?,13?,14?,15-,16+,17+,18+,19-,20?,21+,22?,23+,24?,25+,26-,27+,28?,29+,30-,31-,32+,33+/m1/s1. The summed E-state index contributed by atoms with van der Waals surface area (Å²) < 4.78 is 57.8. The van der Waals surface area contributed by atoms with Crippen molar-refractivity contribution in [1.29, 1.82) is 0 Å². The monoisotopic (exact) mass is 835 g/mol. The highest BCUT2D eigenvalue weighted by Gasteiger charge is 2.57. The maximum absolute atomic E-state index is 11.2. The van der Waals surface area contributed by atoms with Crippen molar-refractivity contribution in [2.45, 2.75) is 167 Å². The molecule has 25 atom stereocenters. The number of aliphatic hydroxyl groups excluding tert-OH is 13. The Morgan fingerprint density at radius 2 is 0.912 bits per heavy atom. The summed E-state index contributed by atoms with van der Waals surface area (Å²) in [7, 11) is 0. The van der Waals surface area contributed by atoms with Gasteiger partial charge in [-0.2, -0.15) is 0 Å². The van der Waals surface area contributed by atoms with E-state index in [4.69, 9.17) is 53.1 Å². The minimum absolute atomic E-state index is 0.115. The molecule has 15 N–H and O–H groups in total. The van der Waals surface area contributed by atoms with Gasteiger partial charge in [-0.05, 0) is 13.8 Å². The van der Waals surface area contributed by atoms with Crippen LogP contribution in [0.1, 0.15) is 13.8 Å². The van der Waals surface area contributed by atoms with Crippen molar-refractivity contribution in [3.05, 3.63) is 12.7 Å². The van der Waals surface area contributed by atoms with Gasteiger partial charge in [-0.15, -0.1) is 6.58 Å². The number of ether oxygens (including phenoxy) is 10. The minimum atomic E-state index is -1.97. The van der Waals surface area contributed by atoms with E-state index in [1.807, 2.05) is 0 Å². The summed E-state index contributed by atoms with van der Waals surface area (Å²) in [6, 6.07) is -1.62. The second-order valence-corrected chi connectivity index (χ2v) is 14.6. The second kappa shape index (κ2) is 20.1. The molecule has 24 nitrogen and oxygen atoms in total. The average Bonchev–Trinajstić information content (AvgIpc) is 3.19. The molecule has 0 amide bonds. The van der Waals surface area contributed by atoms with Crippen molar-refractivity contribution in [3.63, 3.8) is 0 Å². The van der Waals surface area contributed by atoms with Gasteiger partial charge in [0.15, 0.2) is 31.5 Å². The van der Waals surface area contributed by atoms with E-state index in [0.717, 1.165) is 0 Å². The maximum atomic E-state index is 11.2. The van der Waals surface area contributed by atoms with E-state index in [0.29, 0.717) is 0 Å². The summed E-state index contributed by atoms with van der Waals surface area (Å²) in [6.07, 6.45) is -38.6. The number of hydrogen-bond acceptors (Lipinski definition) is 24. The fraction of sp³-hybridized carbons (Fsp3) is 0.939. The molecule has 0 bridgehead atoms. The van der Waals surface area contributed by atoms with E-state index in [9.17, 15) is 66.4 Å². The van der Waals surface area contributed by atoms with E-state index in [-0.39, 0.29) is 6.61 Å².